The number of nitrogens with one attached hydrogen (secondary N) is 2. The number of hydrogen-bond donors (Lipinski definition) is 2. The van der Waals surface area contributed by atoms with Gasteiger partial charge in [-0.1, -0.05) is 6.07 Å². The molecule has 1 aromatic heterocycles. The van der Waals surface area contributed by atoms with Crippen LogP contribution in [0.25, 0.3) is 0 Å². The Morgan fingerprint density at radius 3 is 2.45 bits per heavy atom. The molecule has 7 nitrogen and oxygen atoms in total. The Balaban J connectivity index is 1.32. The fraction of sp³-hybridized carbons (Fsp3) is 0.292. The molecule has 1 atom stereocenters. The van der Waals surface area contributed by atoms with Crippen LogP contribution in [0, 0.1) is 5.92 Å². The number of carbonyl (C=O) groups excluding carboxylic acids is 1. The highest BCUT2D eigenvalue weighted by atomic mass is 16.5. The maximum absolute atomic E-state index is 12.4. The molecule has 2 amide bonds. The van der Waals surface area contributed by atoms with E-state index in [0.717, 1.165) is 25.1 Å². The normalized spacial score (nSPS) is 15.3. The topological polar surface area (TPSA) is 79.4 Å². The highest BCUT2D eigenvalue weighted by Crippen LogP contribution is 2.28. The summed E-state index contributed by atoms with van der Waals surface area (Å²) in [4.78, 5) is 22.5. The molecule has 0 radical (unpaired) electrons. The summed E-state index contributed by atoms with van der Waals surface area (Å²) in [6, 6.07) is 13.1. The van der Waals surface area contributed by atoms with Gasteiger partial charge in [0.2, 0.25) is 0 Å². The lowest BCUT2D eigenvalue weighted by molar-refractivity contribution is 0.262. The van der Waals surface area contributed by atoms with Gasteiger partial charge in [-0.3, -0.25) is 0 Å². The molecule has 3 aromatic rings. The maximum Gasteiger partial charge on any atom is 0.323 e. The third-order valence-electron chi connectivity index (χ3n) is 5.30. The van der Waals surface area contributed by atoms with Gasteiger partial charge in [0.1, 0.15) is 12.1 Å². The number of ether oxygens (including phenoxy) is 1. The second-order valence-electron chi connectivity index (χ2n) is 8.13. The Bertz CT molecular complexity index is 1020. The molecule has 0 bridgehead atoms. The number of hydrogen-bond acceptors (Lipinski definition) is 5. The Hall–Kier alpha value is -3.45. The van der Waals surface area contributed by atoms with E-state index < -0.39 is 0 Å². The van der Waals surface area contributed by atoms with Gasteiger partial charge in [0.25, 0.3) is 0 Å². The van der Waals surface area contributed by atoms with Gasteiger partial charge in [-0.2, -0.15) is 0 Å². The predicted molar refractivity (Wildman–Crippen MR) is 122 cm³/mol. The molecule has 7 heteroatoms. The maximum atomic E-state index is 12.4. The first kappa shape index (κ1) is 20.8. The van der Waals surface area contributed by atoms with Gasteiger partial charge in [-0.15, -0.1) is 0 Å². The number of amides is 2. The number of nitrogens with zero attached hydrogens (tertiary/aromatic N) is 3. The molecule has 4 rings (SSSR count). The molecule has 1 unspecified atom stereocenters. The van der Waals surface area contributed by atoms with E-state index in [-0.39, 0.29) is 6.03 Å². The van der Waals surface area contributed by atoms with Gasteiger partial charge >= 0.3 is 6.03 Å². The number of rotatable bonds is 6. The van der Waals surface area contributed by atoms with E-state index in [1.54, 1.807) is 36.7 Å². The summed E-state index contributed by atoms with van der Waals surface area (Å²) in [5.74, 6) is 1.90. The molecule has 0 aliphatic heterocycles. The van der Waals surface area contributed by atoms with Crippen LogP contribution in [0.1, 0.15) is 17.5 Å². The molecule has 1 aliphatic carbocycles. The van der Waals surface area contributed by atoms with Crippen molar-refractivity contribution in [3.05, 3.63) is 72.3 Å². The molecular formula is C24H27N5O2. The molecule has 2 aromatic carbocycles. The van der Waals surface area contributed by atoms with Crippen molar-refractivity contribution in [1.82, 2.24) is 14.9 Å². The summed E-state index contributed by atoms with van der Waals surface area (Å²) in [6.45, 7) is 1.12. The zero-order valence-corrected chi connectivity index (χ0v) is 17.8. The first-order valence-electron chi connectivity index (χ1n) is 10.4. The van der Waals surface area contributed by atoms with Gasteiger partial charge in [0, 0.05) is 17.9 Å². The zero-order chi connectivity index (χ0) is 21.6. The standard InChI is InChI=1S/C24H27N5O2/c1-29(2)15-17-3-4-19-12-21(6-5-18(19)11-17)28-24(30)27-20-7-9-22(10-8-20)31-23-13-25-16-26-14-23/h5-10,12-14,16-17H,3-4,11,15H2,1-2H3,(H2,27,28,30). The molecule has 160 valence electrons. The van der Waals surface area contributed by atoms with Crippen LogP contribution < -0.4 is 15.4 Å². The number of benzene rings is 2. The van der Waals surface area contributed by atoms with Gasteiger partial charge in [-0.25, -0.2) is 14.8 Å². The Morgan fingerprint density at radius 2 is 1.71 bits per heavy atom. The first-order chi connectivity index (χ1) is 15.0. The van der Waals surface area contributed by atoms with Crippen LogP contribution >= 0.6 is 0 Å². The van der Waals surface area contributed by atoms with Crippen molar-refractivity contribution in [3.63, 3.8) is 0 Å². The fourth-order valence-corrected chi connectivity index (χ4v) is 3.95. The molecule has 0 saturated carbocycles. The molecule has 2 N–H and O–H groups in total. The van der Waals surface area contributed by atoms with E-state index in [1.165, 1.54) is 23.9 Å². The smallest absolute Gasteiger partial charge is 0.323 e. The van der Waals surface area contributed by atoms with Crippen molar-refractivity contribution in [3.8, 4) is 11.5 Å². The highest BCUT2D eigenvalue weighted by molar-refractivity contribution is 5.99. The molecule has 0 spiro atoms. The number of anilines is 2. The summed E-state index contributed by atoms with van der Waals surface area (Å²) in [6.07, 6.45) is 7.97. The molecule has 1 heterocycles. The average Bonchev–Trinajstić information content (AvgIpc) is 2.75. The number of aromatic nitrogens is 2. The largest absolute Gasteiger partial charge is 0.454 e. The van der Waals surface area contributed by atoms with Crippen LogP contribution in [0.3, 0.4) is 0 Å². The van der Waals surface area contributed by atoms with E-state index in [4.69, 9.17) is 4.74 Å². The second-order valence-corrected chi connectivity index (χ2v) is 8.13. The van der Waals surface area contributed by atoms with Crippen molar-refractivity contribution in [2.24, 2.45) is 5.92 Å². The lowest BCUT2D eigenvalue weighted by atomic mass is 9.83. The van der Waals surface area contributed by atoms with E-state index in [9.17, 15) is 4.79 Å². The predicted octanol–water partition coefficient (Wildman–Crippen LogP) is 4.58. The SMILES string of the molecule is CN(C)CC1CCc2cc(NC(=O)Nc3ccc(Oc4cncnc4)cc3)ccc2C1. The van der Waals surface area contributed by atoms with Crippen LogP contribution in [0.5, 0.6) is 11.5 Å². The van der Waals surface area contributed by atoms with Crippen molar-refractivity contribution in [2.75, 3.05) is 31.3 Å². The van der Waals surface area contributed by atoms with Crippen LogP contribution in [-0.2, 0) is 12.8 Å². The summed E-state index contributed by atoms with van der Waals surface area (Å²) < 4.78 is 5.66. The first-order valence-corrected chi connectivity index (χ1v) is 10.4. The third kappa shape index (κ3) is 5.79. The van der Waals surface area contributed by atoms with Crippen LogP contribution in [0.15, 0.2) is 61.2 Å². The Morgan fingerprint density at radius 1 is 1.00 bits per heavy atom. The van der Waals surface area contributed by atoms with E-state index in [1.807, 2.05) is 6.07 Å². The number of urea groups is 1. The summed E-state index contributed by atoms with van der Waals surface area (Å²) in [5, 5.41) is 5.79. The Kier molecular flexibility index (Phi) is 6.43. The third-order valence-corrected chi connectivity index (χ3v) is 5.30. The van der Waals surface area contributed by atoms with Crippen molar-refractivity contribution in [1.29, 1.82) is 0 Å². The minimum Gasteiger partial charge on any atom is -0.454 e. The summed E-state index contributed by atoms with van der Waals surface area (Å²) in [5.41, 5.74) is 4.22. The number of aryl methyl sites for hydroxylation is 1. The van der Waals surface area contributed by atoms with Crippen LogP contribution in [-0.4, -0.2) is 41.5 Å². The molecule has 0 fully saturated rings. The second kappa shape index (κ2) is 9.57. The molecule has 0 saturated heterocycles. The van der Waals surface area contributed by atoms with Gasteiger partial charge < -0.3 is 20.3 Å². The molecular weight excluding hydrogens is 390 g/mol. The van der Waals surface area contributed by atoms with Gasteiger partial charge in [0.15, 0.2) is 5.75 Å². The average molecular weight is 418 g/mol. The number of fused-ring (bicyclic) bond motifs is 1. The molecule has 1 aliphatic rings. The van der Waals surface area contributed by atoms with Crippen molar-refractivity contribution < 1.29 is 9.53 Å². The quantitative estimate of drug-likeness (QED) is 0.614. The van der Waals surface area contributed by atoms with Crippen LogP contribution in [0.2, 0.25) is 0 Å². The highest BCUT2D eigenvalue weighted by Gasteiger charge is 2.19. The Labute approximate surface area is 182 Å². The summed E-state index contributed by atoms with van der Waals surface area (Å²) in [7, 11) is 4.25. The van der Waals surface area contributed by atoms with Crippen LogP contribution in [0.4, 0.5) is 16.2 Å². The fourth-order valence-electron chi connectivity index (χ4n) is 3.95. The lowest BCUT2D eigenvalue weighted by Crippen LogP contribution is -2.26. The van der Waals surface area contributed by atoms with E-state index in [0.29, 0.717) is 23.1 Å². The zero-order valence-electron chi connectivity index (χ0n) is 17.8. The minimum atomic E-state index is -0.272. The minimum absolute atomic E-state index is 0.272. The lowest BCUT2D eigenvalue weighted by Gasteiger charge is -2.27. The number of carbonyl (C=O) groups is 1. The molecule has 31 heavy (non-hydrogen) atoms. The van der Waals surface area contributed by atoms with Crippen molar-refractivity contribution >= 4 is 17.4 Å². The monoisotopic (exact) mass is 417 g/mol. The van der Waals surface area contributed by atoms with E-state index >= 15 is 0 Å². The van der Waals surface area contributed by atoms with Gasteiger partial charge in [0.05, 0.1) is 12.4 Å². The van der Waals surface area contributed by atoms with E-state index in [2.05, 4.69) is 51.7 Å². The van der Waals surface area contributed by atoms with Gasteiger partial charge in [-0.05, 0) is 86.8 Å². The summed E-state index contributed by atoms with van der Waals surface area (Å²) >= 11 is 0. The van der Waals surface area contributed by atoms with Crippen molar-refractivity contribution in [2.45, 2.75) is 19.3 Å².